The molecule has 1 aliphatic rings. The summed E-state index contributed by atoms with van der Waals surface area (Å²) in [6.07, 6.45) is -6.68. The van der Waals surface area contributed by atoms with Gasteiger partial charge in [0.15, 0.2) is 24.6 Å². The number of hydrogen-bond acceptors (Lipinski definition) is 10. The summed E-state index contributed by atoms with van der Waals surface area (Å²) < 4.78 is 36.0. The largest absolute Gasteiger partial charge is 0.456 e. The highest BCUT2D eigenvalue weighted by Crippen LogP contribution is 2.33. The maximum atomic E-state index is 13.6. The molecule has 0 spiro atoms. The van der Waals surface area contributed by atoms with Crippen molar-refractivity contribution >= 4 is 23.9 Å². The van der Waals surface area contributed by atoms with Gasteiger partial charge in [0.2, 0.25) is 0 Å². The fourth-order valence-electron chi connectivity index (χ4n) is 5.08. The van der Waals surface area contributed by atoms with Gasteiger partial charge >= 0.3 is 23.9 Å². The van der Waals surface area contributed by atoms with E-state index >= 15 is 0 Å². The van der Waals surface area contributed by atoms with E-state index in [0.717, 1.165) is 0 Å². The summed E-state index contributed by atoms with van der Waals surface area (Å²) in [4.78, 5) is 53.7. The molecule has 4 aromatic rings. The van der Waals surface area contributed by atoms with Crippen LogP contribution < -0.4 is 0 Å². The number of rotatable bonds is 12. The molecular weight excluding hydrogens is 616 g/mol. The van der Waals surface area contributed by atoms with E-state index in [9.17, 15) is 19.2 Å². The summed E-state index contributed by atoms with van der Waals surface area (Å²) in [6, 6.07) is 32.8. The van der Waals surface area contributed by atoms with Crippen LogP contribution in [0.3, 0.4) is 0 Å². The van der Waals surface area contributed by atoms with Gasteiger partial charge in [-0.2, -0.15) is 0 Å². The molecule has 5 rings (SSSR count). The van der Waals surface area contributed by atoms with Crippen LogP contribution in [-0.2, 0) is 28.4 Å². The van der Waals surface area contributed by atoms with E-state index < -0.39 is 60.7 Å². The summed E-state index contributed by atoms with van der Waals surface area (Å²) in [6.45, 7) is 5.18. The van der Waals surface area contributed by atoms with E-state index in [1.807, 2.05) is 0 Å². The molecule has 1 heterocycles. The van der Waals surface area contributed by atoms with Crippen molar-refractivity contribution in [3.63, 3.8) is 0 Å². The minimum atomic E-state index is -1.50. The van der Waals surface area contributed by atoms with E-state index in [1.165, 1.54) is 6.08 Å². The zero-order valence-electron chi connectivity index (χ0n) is 26.1. The van der Waals surface area contributed by atoms with Gasteiger partial charge in [-0.05, 0) is 55.5 Å². The molecule has 6 atom stereocenters. The van der Waals surface area contributed by atoms with Crippen molar-refractivity contribution in [1.82, 2.24) is 0 Å². The molecule has 48 heavy (non-hydrogen) atoms. The van der Waals surface area contributed by atoms with Crippen molar-refractivity contribution in [3.05, 3.63) is 156 Å². The van der Waals surface area contributed by atoms with Crippen LogP contribution in [0.25, 0.3) is 0 Å². The van der Waals surface area contributed by atoms with Gasteiger partial charge in [0.05, 0.1) is 28.9 Å². The van der Waals surface area contributed by atoms with Crippen LogP contribution in [-0.4, -0.2) is 67.3 Å². The lowest BCUT2D eigenvalue weighted by Crippen LogP contribution is -2.64. The monoisotopic (exact) mass is 650 g/mol. The molecule has 10 nitrogen and oxygen atoms in total. The topological polar surface area (TPSA) is 124 Å². The van der Waals surface area contributed by atoms with Crippen molar-refractivity contribution in [2.45, 2.75) is 43.7 Å². The Morgan fingerprint density at radius 1 is 0.604 bits per heavy atom. The molecule has 1 aliphatic heterocycles. The van der Waals surface area contributed by atoms with Gasteiger partial charge in [-0.15, -0.1) is 6.58 Å². The highest BCUT2D eigenvalue weighted by atomic mass is 16.7. The third kappa shape index (κ3) is 8.41. The highest BCUT2D eigenvalue weighted by molar-refractivity contribution is 5.91. The first-order chi connectivity index (χ1) is 23.4. The Balaban J connectivity index is 1.56. The lowest BCUT2D eigenvalue weighted by Gasteiger charge is -2.45. The summed E-state index contributed by atoms with van der Waals surface area (Å²) >= 11 is 0. The summed E-state index contributed by atoms with van der Waals surface area (Å²) in [5.74, 6) is -3.01. The number of carbonyl (C=O) groups excluding carboxylic acids is 4. The number of hydrogen-bond donors (Lipinski definition) is 0. The zero-order valence-corrected chi connectivity index (χ0v) is 26.1. The molecule has 10 heteroatoms. The molecule has 0 amide bonds. The van der Waals surface area contributed by atoms with Gasteiger partial charge < -0.3 is 28.4 Å². The fourth-order valence-corrected chi connectivity index (χ4v) is 5.08. The van der Waals surface area contributed by atoms with Crippen LogP contribution in [0.5, 0.6) is 0 Å². The molecule has 4 aromatic carbocycles. The van der Waals surface area contributed by atoms with Gasteiger partial charge in [0.25, 0.3) is 0 Å². The number of ether oxygens (including phenoxy) is 6. The predicted molar refractivity (Wildman–Crippen MR) is 173 cm³/mol. The Hall–Kier alpha value is -5.58. The van der Waals surface area contributed by atoms with Crippen molar-refractivity contribution in [2.75, 3.05) is 6.61 Å². The zero-order chi connectivity index (χ0) is 33.9. The predicted octanol–water partition coefficient (Wildman–Crippen LogP) is 5.84. The number of carbonyl (C=O) groups is 4. The first-order valence-electron chi connectivity index (χ1n) is 15.3. The maximum absolute atomic E-state index is 13.6. The lowest BCUT2D eigenvalue weighted by molar-refractivity contribution is -0.303. The first kappa shape index (κ1) is 33.8. The molecule has 0 unspecified atom stereocenters. The second kappa shape index (κ2) is 16.3. The Labute approximate surface area is 277 Å². The molecule has 0 bridgehead atoms. The molecule has 246 valence electrons. The van der Waals surface area contributed by atoms with Gasteiger partial charge in [-0.25, -0.2) is 19.2 Å². The third-order valence-corrected chi connectivity index (χ3v) is 7.43. The van der Waals surface area contributed by atoms with E-state index in [4.69, 9.17) is 28.4 Å². The van der Waals surface area contributed by atoms with Gasteiger partial charge in [-0.3, -0.25) is 0 Å². The van der Waals surface area contributed by atoms with Gasteiger partial charge in [-0.1, -0.05) is 78.9 Å². The molecule has 0 N–H and O–H groups in total. The smallest absolute Gasteiger partial charge is 0.338 e. The quantitative estimate of drug-likeness (QED) is 0.105. The molecular formula is C38H34O10. The van der Waals surface area contributed by atoms with E-state index in [1.54, 1.807) is 128 Å². The summed E-state index contributed by atoms with van der Waals surface area (Å²) in [5, 5.41) is 0. The SMILES string of the molecule is C=CCO[C@@H]1O[C@H]([C@@H](C)OC(=O)c2ccccc2)[C@@H](OC(=O)c2ccccc2)[C@H](OC(=O)c2ccccc2)[C@H]1OC(=O)c1ccccc1. The average molecular weight is 651 g/mol. The minimum Gasteiger partial charge on any atom is -0.456 e. The minimum absolute atomic E-state index is 0.0528. The van der Waals surface area contributed by atoms with E-state index in [0.29, 0.717) is 0 Å². The van der Waals surface area contributed by atoms with Crippen molar-refractivity contribution in [2.24, 2.45) is 0 Å². The fraction of sp³-hybridized carbons (Fsp3) is 0.211. The second-order valence-electron chi connectivity index (χ2n) is 10.8. The van der Waals surface area contributed by atoms with Crippen molar-refractivity contribution in [3.8, 4) is 0 Å². The van der Waals surface area contributed by atoms with E-state index in [-0.39, 0.29) is 28.9 Å². The molecule has 0 aliphatic carbocycles. The Kier molecular flexibility index (Phi) is 11.5. The van der Waals surface area contributed by atoms with Crippen molar-refractivity contribution < 1.29 is 47.6 Å². The number of esters is 4. The van der Waals surface area contributed by atoms with Gasteiger partial charge in [0, 0.05) is 0 Å². The highest BCUT2D eigenvalue weighted by Gasteiger charge is 2.55. The second-order valence-corrected chi connectivity index (χ2v) is 10.8. The Morgan fingerprint density at radius 3 is 1.40 bits per heavy atom. The number of benzene rings is 4. The van der Waals surface area contributed by atoms with Gasteiger partial charge in [0.1, 0.15) is 12.2 Å². The summed E-state index contributed by atoms with van der Waals surface area (Å²) in [7, 11) is 0. The normalized spacial score (nSPS) is 20.8. The Morgan fingerprint density at radius 2 is 0.979 bits per heavy atom. The average Bonchev–Trinajstić information content (AvgIpc) is 3.13. The third-order valence-electron chi connectivity index (χ3n) is 7.43. The van der Waals surface area contributed by atoms with E-state index in [2.05, 4.69) is 6.58 Å². The molecule has 0 aromatic heterocycles. The van der Waals surface area contributed by atoms with Crippen LogP contribution in [0, 0.1) is 0 Å². The lowest BCUT2D eigenvalue weighted by atomic mass is 9.94. The maximum Gasteiger partial charge on any atom is 0.338 e. The molecule has 1 saturated heterocycles. The van der Waals surface area contributed by atoms with Crippen LogP contribution in [0.1, 0.15) is 48.4 Å². The standard InChI is InChI=1S/C38H34O10/c1-3-24-43-38-33(47-37(42)29-22-14-7-15-23-29)32(46-36(41)28-20-12-6-13-21-28)31(45-35(40)27-18-10-5-11-19-27)30(48-38)25(2)44-34(39)26-16-8-4-9-17-26/h3-23,25,30-33,38H,1,24H2,2H3/t25-,30-,31-,32+,33-,38-/m1/s1. The van der Waals surface area contributed by atoms with Crippen LogP contribution in [0.4, 0.5) is 0 Å². The van der Waals surface area contributed by atoms with Crippen LogP contribution in [0.2, 0.25) is 0 Å². The van der Waals surface area contributed by atoms with Crippen molar-refractivity contribution in [1.29, 1.82) is 0 Å². The van der Waals surface area contributed by atoms with Crippen LogP contribution in [0.15, 0.2) is 134 Å². The molecule has 0 radical (unpaired) electrons. The molecule has 0 saturated carbocycles. The van der Waals surface area contributed by atoms with Crippen LogP contribution >= 0.6 is 0 Å². The molecule has 1 fully saturated rings. The Bertz CT molecular complexity index is 1680. The summed E-state index contributed by atoms with van der Waals surface area (Å²) in [5.41, 5.74) is 0.868. The first-order valence-corrected chi connectivity index (χ1v) is 15.3.